The zero-order chi connectivity index (χ0) is 10.9. The number of methoxy groups -OCH3 is 1. The lowest BCUT2D eigenvalue weighted by Gasteiger charge is -2.14. The third-order valence-electron chi connectivity index (χ3n) is 2.38. The number of rotatable bonds is 7. The highest BCUT2D eigenvalue weighted by Gasteiger charge is 2.04. The molecule has 1 atom stereocenters. The van der Waals surface area contributed by atoms with Crippen LogP contribution in [0.15, 0.2) is 30.3 Å². The van der Waals surface area contributed by atoms with Crippen molar-refractivity contribution in [3.8, 4) is 0 Å². The molecule has 83 valence electrons. The third kappa shape index (κ3) is 4.96. The molecule has 1 radical (unpaired) electrons. The van der Waals surface area contributed by atoms with E-state index in [1.807, 2.05) is 6.07 Å². The van der Waals surface area contributed by atoms with Gasteiger partial charge in [0.25, 0.3) is 0 Å². The Morgan fingerprint density at radius 2 is 2.07 bits per heavy atom. The first-order valence-electron chi connectivity index (χ1n) is 5.42. The first kappa shape index (κ1) is 12.2. The van der Waals surface area contributed by atoms with Crippen molar-refractivity contribution in [3.05, 3.63) is 42.3 Å². The van der Waals surface area contributed by atoms with E-state index in [-0.39, 0.29) is 0 Å². The van der Waals surface area contributed by atoms with E-state index in [1.165, 1.54) is 5.56 Å². The van der Waals surface area contributed by atoms with Crippen LogP contribution in [0.2, 0.25) is 0 Å². The lowest BCUT2D eigenvalue weighted by Crippen LogP contribution is -2.27. The molecular weight excluding hydrogens is 186 g/mol. The third-order valence-corrected chi connectivity index (χ3v) is 2.38. The minimum absolute atomic E-state index is 0.290. The summed E-state index contributed by atoms with van der Waals surface area (Å²) < 4.78 is 5.33. The molecule has 1 aromatic rings. The highest BCUT2D eigenvalue weighted by molar-refractivity contribution is 5.14. The summed E-state index contributed by atoms with van der Waals surface area (Å²) >= 11 is 0. The fourth-order valence-corrected chi connectivity index (χ4v) is 1.50. The van der Waals surface area contributed by atoms with Crippen molar-refractivity contribution in [1.29, 1.82) is 0 Å². The van der Waals surface area contributed by atoms with Crippen molar-refractivity contribution in [2.24, 2.45) is 0 Å². The monoisotopic (exact) mass is 206 g/mol. The molecule has 2 nitrogen and oxygen atoms in total. The summed E-state index contributed by atoms with van der Waals surface area (Å²) in [6.45, 7) is 3.86. The van der Waals surface area contributed by atoms with Crippen LogP contribution >= 0.6 is 0 Å². The van der Waals surface area contributed by atoms with Crippen molar-refractivity contribution in [3.63, 3.8) is 0 Å². The van der Waals surface area contributed by atoms with Crippen molar-refractivity contribution in [2.75, 3.05) is 13.7 Å². The maximum Gasteiger partial charge on any atom is 0.0698 e. The van der Waals surface area contributed by atoms with Crippen LogP contribution in [-0.4, -0.2) is 19.8 Å². The summed E-state index contributed by atoms with van der Waals surface area (Å²) in [7, 11) is 1.76. The SMILES string of the molecule is C[CH]CC(CNCc1ccccc1)OC. The Labute approximate surface area is 92.6 Å². The Morgan fingerprint density at radius 1 is 1.33 bits per heavy atom. The summed E-state index contributed by atoms with van der Waals surface area (Å²) in [5.74, 6) is 0. The Balaban J connectivity index is 2.20. The standard InChI is InChI=1S/C13H20NO/c1-3-7-13(15-2)11-14-10-12-8-5-4-6-9-12/h3-6,8-9,13-14H,7,10-11H2,1-2H3. The predicted octanol–water partition coefficient (Wildman–Crippen LogP) is 2.41. The normalized spacial score (nSPS) is 12.7. The molecule has 1 N–H and O–H groups in total. The van der Waals surface area contributed by atoms with E-state index < -0.39 is 0 Å². The van der Waals surface area contributed by atoms with E-state index in [2.05, 4.69) is 42.9 Å². The Hall–Kier alpha value is -0.860. The molecule has 0 saturated carbocycles. The zero-order valence-corrected chi connectivity index (χ0v) is 9.57. The van der Waals surface area contributed by atoms with Gasteiger partial charge >= 0.3 is 0 Å². The number of ether oxygens (including phenoxy) is 1. The van der Waals surface area contributed by atoms with Crippen LogP contribution in [0.3, 0.4) is 0 Å². The second-order valence-corrected chi connectivity index (χ2v) is 3.62. The van der Waals surface area contributed by atoms with Crippen LogP contribution in [0.1, 0.15) is 18.9 Å². The molecule has 0 fully saturated rings. The Kier molecular flexibility index (Phi) is 6.05. The van der Waals surface area contributed by atoms with Crippen LogP contribution < -0.4 is 5.32 Å². The van der Waals surface area contributed by atoms with E-state index in [9.17, 15) is 0 Å². The van der Waals surface area contributed by atoms with Crippen molar-refractivity contribution in [2.45, 2.75) is 26.0 Å². The summed E-state index contributed by atoms with van der Waals surface area (Å²) in [5, 5.41) is 3.39. The molecule has 15 heavy (non-hydrogen) atoms. The molecule has 2 heteroatoms. The van der Waals surface area contributed by atoms with Gasteiger partial charge < -0.3 is 10.1 Å². The highest BCUT2D eigenvalue weighted by Crippen LogP contribution is 2.00. The second kappa shape index (κ2) is 7.43. The lowest BCUT2D eigenvalue weighted by atomic mass is 10.2. The molecule has 0 aliphatic carbocycles. The fraction of sp³-hybridized carbons (Fsp3) is 0.462. The van der Waals surface area contributed by atoms with Gasteiger partial charge in [0.15, 0.2) is 0 Å². The highest BCUT2D eigenvalue weighted by atomic mass is 16.5. The van der Waals surface area contributed by atoms with Gasteiger partial charge in [-0.25, -0.2) is 0 Å². The number of hydrogen-bond donors (Lipinski definition) is 1. The van der Waals surface area contributed by atoms with E-state index in [1.54, 1.807) is 7.11 Å². The van der Waals surface area contributed by atoms with Crippen molar-refractivity contribution < 1.29 is 4.74 Å². The number of hydrogen-bond acceptors (Lipinski definition) is 2. The molecule has 1 aromatic carbocycles. The average Bonchev–Trinajstić information content (AvgIpc) is 2.29. The molecule has 0 amide bonds. The van der Waals surface area contributed by atoms with Crippen molar-refractivity contribution in [1.82, 2.24) is 5.32 Å². The topological polar surface area (TPSA) is 21.3 Å². The maximum atomic E-state index is 5.33. The van der Waals surface area contributed by atoms with Gasteiger partial charge in [-0.1, -0.05) is 37.3 Å². The van der Waals surface area contributed by atoms with Gasteiger partial charge in [0, 0.05) is 20.2 Å². The van der Waals surface area contributed by atoms with Gasteiger partial charge in [0.05, 0.1) is 6.10 Å². The van der Waals surface area contributed by atoms with Gasteiger partial charge in [-0.3, -0.25) is 0 Å². The predicted molar refractivity (Wildman–Crippen MR) is 63.5 cm³/mol. The van der Waals surface area contributed by atoms with E-state index in [0.29, 0.717) is 6.10 Å². The molecule has 0 saturated heterocycles. The van der Waals surface area contributed by atoms with E-state index >= 15 is 0 Å². The molecule has 0 aliphatic rings. The van der Waals surface area contributed by atoms with Gasteiger partial charge in [-0.2, -0.15) is 0 Å². The largest absolute Gasteiger partial charge is 0.380 e. The summed E-state index contributed by atoms with van der Waals surface area (Å²) in [4.78, 5) is 0. The fourth-order valence-electron chi connectivity index (χ4n) is 1.50. The summed E-state index contributed by atoms with van der Waals surface area (Å²) in [5.41, 5.74) is 1.31. The van der Waals surface area contributed by atoms with Crippen LogP contribution in [0.4, 0.5) is 0 Å². The molecule has 0 spiro atoms. The van der Waals surface area contributed by atoms with Gasteiger partial charge in [0.2, 0.25) is 0 Å². The minimum Gasteiger partial charge on any atom is -0.380 e. The van der Waals surface area contributed by atoms with Crippen LogP contribution in [-0.2, 0) is 11.3 Å². The lowest BCUT2D eigenvalue weighted by molar-refractivity contribution is 0.101. The summed E-state index contributed by atoms with van der Waals surface area (Å²) in [6.07, 6.45) is 3.43. The van der Waals surface area contributed by atoms with Crippen LogP contribution in [0.5, 0.6) is 0 Å². The molecule has 0 aliphatic heterocycles. The smallest absolute Gasteiger partial charge is 0.0698 e. The average molecular weight is 206 g/mol. The number of benzene rings is 1. The molecule has 1 rings (SSSR count). The number of nitrogens with one attached hydrogen (secondary N) is 1. The van der Waals surface area contributed by atoms with Crippen LogP contribution in [0, 0.1) is 6.42 Å². The summed E-state index contributed by atoms with van der Waals surface area (Å²) in [6, 6.07) is 10.4. The zero-order valence-electron chi connectivity index (χ0n) is 9.57. The molecule has 0 heterocycles. The first-order valence-corrected chi connectivity index (χ1v) is 5.42. The maximum absolute atomic E-state index is 5.33. The van der Waals surface area contributed by atoms with E-state index in [0.717, 1.165) is 19.5 Å². The molecule has 0 aromatic heterocycles. The Bertz CT molecular complexity index is 248. The first-order chi connectivity index (χ1) is 7.36. The van der Waals surface area contributed by atoms with Gasteiger partial charge in [-0.05, 0) is 18.4 Å². The molecular formula is C13H20NO. The Morgan fingerprint density at radius 3 is 2.67 bits per heavy atom. The van der Waals surface area contributed by atoms with E-state index in [4.69, 9.17) is 4.74 Å². The van der Waals surface area contributed by atoms with Gasteiger partial charge in [-0.15, -0.1) is 0 Å². The molecule has 1 unspecified atom stereocenters. The minimum atomic E-state index is 0.290. The second-order valence-electron chi connectivity index (χ2n) is 3.62. The van der Waals surface area contributed by atoms with Gasteiger partial charge in [0.1, 0.15) is 0 Å². The molecule has 0 bridgehead atoms. The van der Waals surface area contributed by atoms with Crippen molar-refractivity contribution >= 4 is 0 Å². The van der Waals surface area contributed by atoms with Crippen LogP contribution in [0.25, 0.3) is 0 Å². The quantitative estimate of drug-likeness (QED) is 0.739.